The molecule has 5 heteroatoms. The zero-order valence-corrected chi connectivity index (χ0v) is 23.4. The minimum Gasteiger partial charge on any atom is -0.497 e. The average molecular weight is 507 g/mol. The quantitative estimate of drug-likeness (QED) is 0.308. The van der Waals surface area contributed by atoms with Gasteiger partial charge >= 0.3 is 0 Å². The van der Waals surface area contributed by atoms with Crippen LogP contribution in [0.5, 0.6) is 5.75 Å². The summed E-state index contributed by atoms with van der Waals surface area (Å²) in [5.41, 5.74) is 1.09. The van der Waals surface area contributed by atoms with Crippen molar-refractivity contribution in [2.24, 2.45) is 5.92 Å². The number of aliphatic hydroxyl groups excluding tert-OH is 1. The minimum atomic E-state index is -2.56. The molecule has 3 aromatic rings. The fourth-order valence-electron chi connectivity index (χ4n) is 4.89. The second-order valence-corrected chi connectivity index (χ2v) is 14.9. The van der Waals surface area contributed by atoms with Crippen LogP contribution in [0, 0.1) is 5.92 Å². The van der Waals surface area contributed by atoms with Crippen LogP contribution in [0.4, 0.5) is 0 Å². The molecule has 3 rings (SSSR count). The first-order chi connectivity index (χ1) is 17.3. The SMILES string of the molecule is COc1ccc(CO[C@@H](CCO)C[C@@H](C)CO[Si](c2ccccc2)(c2ccccc2)C(C)(C)C)cc1. The van der Waals surface area contributed by atoms with Gasteiger partial charge in [0.25, 0.3) is 8.32 Å². The van der Waals surface area contributed by atoms with Crippen LogP contribution < -0.4 is 15.1 Å². The van der Waals surface area contributed by atoms with Crippen LogP contribution in [-0.2, 0) is 15.8 Å². The van der Waals surface area contributed by atoms with Gasteiger partial charge in [0.2, 0.25) is 0 Å². The highest BCUT2D eigenvalue weighted by Crippen LogP contribution is 2.37. The summed E-state index contributed by atoms with van der Waals surface area (Å²) in [7, 11) is -0.898. The Labute approximate surface area is 218 Å². The second-order valence-electron chi connectivity index (χ2n) is 10.6. The average Bonchev–Trinajstić information content (AvgIpc) is 2.88. The lowest BCUT2D eigenvalue weighted by Crippen LogP contribution is -2.66. The normalized spacial score (nSPS) is 13.8. The Hall–Kier alpha value is -2.44. The van der Waals surface area contributed by atoms with E-state index in [2.05, 4.69) is 88.4 Å². The van der Waals surface area contributed by atoms with Crippen molar-refractivity contribution in [1.29, 1.82) is 0 Å². The monoisotopic (exact) mass is 506 g/mol. The summed E-state index contributed by atoms with van der Waals surface area (Å²) in [6.45, 7) is 10.4. The summed E-state index contributed by atoms with van der Waals surface area (Å²) < 4.78 is 18.6. The van der Waals surface area contributed by atoms with Crippen molar-refractivity contribution < 1.29 is 19.0 Å². The van der Waals surface area contributed by atoms with Gasteiger partial charge in [-0.25, -0.2) is 0 Å². The Kier molecular flexibility index (Phi) is 10.3. The summed E-state index contributed by atoms with van der Waals surface area (Å²) >= 11 is 0. The lowest BCUT2D eigenvalue weighted by atomic mass is 10.0. The number of methoxy groups -OCH3 is 1. The summed E-state index contributed by atoms with van der Waals surface area (Å²) in [6, 6.07) is 29.4. The Bertz CT molecular complexity index is 976. The topological polar surface area (TPSA) is 47.9 Å². The van der Waals surface area contributed by atoms with Crippen LogP contribution >= 0.6 is 0 Å². The van der Waals surface area contributed by atoms with Gasteiger partial charge in [-0.05, 0) is 51.9 Å². The maximum absolute atomic E-state index is 9.66. The Morgan fingerprint density at radius 2 is 1.39 bits per heavy atom. The van der Waals surface area contributed by atoms with E-state index >= 15 is 0 Å². The van der Waals surface area contributed by atoms with Gasteiger partial charge in [0.05, 0.1) is 19.8 Å². The van der Waals surface area contributed by atoms with E-state index in [9.17, 15) is 5.11 Å². The fraction of sp³-hybridized carbons (Fsp3) is 0.419. The van der Waals surface area contributed by atoms with Gasteiger partial charge in [-0.2, -0.15) is 0 Å². The number of ether oxygens (including phenoxy) is 2. The van der Waals surface area contributed by atoms with Gasteiger partial charge in [0.15, 0.2) is 0 Å². The molecule has 0 bridgehead atoms. The molecule has 0 aromatic heterocycles. The second kappa shape index (κ2) is 13.2. The van der Waals surface area contributed by atoms with Crippen molar-refractivity contribution in [3.8, 4) is 5.75 Å². The number of aliphatic hydroxyl groups is 1. The highest BCUT2D eigenvalue weighted by Gasteiger charge is 2.50. The van der Waals surface area contributed by atoms with Crippen LogP contribution in [0.15, 0.2) is 84.9 Å². The van der Waals surface area contributed by atoms with E-state index in [-0.39, 0.29) is 23.7 Å². The predicted octanol–water partition coefficient (Wildman–Crippen LogP) is 5.57. The van der Waals surface area contributed by atoms with Gasteiger partial charge in [-0.1, -0.05) is 100 Å². The summed E-state index contributed by atoms with van der Waals surface area (Å²) in [4.78, 5) is 0. The molecule has 36 heavy (non-hydrogen) atoms. The summed E-state index contributed by atoms with van der Waals surface area (Å²) in [5.74, 6) is 1.11. The first-order valence-corrected chi connectivity index (χ1v) is 14.8. The molecule has 194 valence electrons. The largest absolute Gasteiger partial charge is 0.497 e. The Morgan fingerprint density at radius 3 is 1.86 bits per heavy atom. The molecule has 0 amide bonds. The molecule has 0 aliphatic heterocycles. The molecule has 0 saturated carbocycles. The molecule has 0 heterocycles. The Morgan fingerprint density at radius 1 is 0.833 bits per heavy atom. The van der Waals surface area contributed by atoms with Gasteiger partial charge in [0.1, 0.15) is 5.75 Å². The smallest absolute Gasteiger partial charge is 0.261 e. The van der Waals surface area contributed by atoms with Crippen molar-refractivity contribution in [3.63, 3.8) is 0 Å². The Balaban J connectivity index is 1.74. The van der Waals surface area contributed by atoms with Crippen molar-refractivity contribution in [1.82, 2.24) is 0 Å². The third kappa shape index (κ3) is 7.07. The van der Waals surface area contributed by atoms with E-state index in [1.54, 1.807) is 7.11 Å². The molecule has 0 unspecified atom stereocenters. The van der Waals surface area contributed by atoms with Gasteiger partial charge < -0.3 is 19.0 Å². The zero-order chi connectivity index (χ0) is 26.0. The molecular weight excluding hydrogens is 464 g/mol. The number of hydrogen-bond acceptors (Lipinski definition) is 4. The molecule has 2 atom stereocenters. The molecule has 0 aliphatic rings. The van der Waals surface area contributed by atoms with Gasteiger partial charge in [-0.15, -0.1) is 0 Å². The van der Waals surface area contributed by atoms with Crippen LogP contribution in [-0.4, -0.2) is 39.9 Å². The van der Waals surface area contributed by atoms with Gasteiger partial charge in [0, 0.05) is 13.2 Å². The molecule has 3 aromatic carbocycles. The molecule has 0 fully saturated rings. The number of hydrogen-bond donors (Lipinski definition) is 1. The summed E-state index contributed by atoms with van der Waals surface area (Å²) in [6.07, 6.45) is 1.41. The van der Waals surface area contributed by atoms with Crippen LogP contribution in [0.1, 0.15) is 46.1 Å². The van der Waals surface area contributed by atoms with Crippen molar-refractivity contribution in [2.45, 2.75) is 58.3 Å². The first kappa shape index (κ1) is 28.1. The molecule has 0 saturated heterocycles. The zero-order valence-electron chi connectivity index (χ0n) is 22.4. The third-order valence-electron chi connectivity index (χ3n) is 6.76. The highest BCUT2D eigenvalue weighted by atomic mass is 28.4. The standard InChI is InChI=1S/C31H42O4Si/c1-25(22-28(20-21-32)34-24-26-16-18-27(33-5)19-17-26)23-35-36(31(2,3)4,29-12-8-6-9-13-29)30-14-10-7-11-15-30/h6-19,25,28,32H,20-24H2,1-5H3/t25-,28+/m1/s1. The number of rotatable bonds is 13. The fourth-order valence-corrected chi connectivity index (χ4v) is 9.58. The maximum atomic E-state index is 9.66. The van der Waals surface area contributed by atoms with E-state index in [0.717, 1.165) is 17.7 Å². The van der Waals surface area contributed by atoms with E-state index in [0.29, 0.717) is 19.6 Å². The van der Waals surface area contributed by atoms with Crippen LogP contribution in [0.2, 0.25) is 5.04 Å². The van der Waals surface area contributed by atoms with E-state index < -0.39 is 8.32 Å². The van der Waals surface area contributed by atoms with Crippen molar-refractivity contribution in [3.05, 3.63) is 90.5 Å². The van der Waals surface area contributed by atoms with Gasteiger partial charge in [-0.3, -0.25) is 0 Å². The summed E-state index contributed by atoms with van der Waals surface area (Å²) in [5, 5.41) is 12.2. The minimum absolute atomic E-state index is 0.0325. The van der Waals surface area contributed by atoms with Crippen molar-refractivity contribution >= 4 is 18.7 Å². The molecule has 0 radical (unpaired) electrons. The molecular formula is C31H42O4Si. The molecule has 0 aliphatic carbocycles. The predicted molar refractivity (Wildman–Crippen MR) is 151 cm³/mol. The lowest BCUT2D eigenvalue weighted by Gasteiger charge is -2.43. The number of benzene rings is 3. The van der Waals surface area contributed by atoms with Crippen LogP contribution in [0.3, 0.4) is 0 Å². The molecule has 4 nitrogen and oxygen atoms in total. The van der Waals surface area contributed by atoms with E-state index in [4.69, 9.17) is 13.9 Å². The van der Waals surface area contributed by atoms with E-state index in [1.165, 1.54) is 10.4 Å². The maximum Gasteiger partial charge on any atom is 0.261 e. The third-order valence-corrected chi connectivity index (χ3v) is 11.8. The van der Waals surface area contributed by atoms with Crippen molar-refractivity contribution in [2.75, 3.05) is 20.3 Å². The highest BCUT2D eigenvalue weighted by molar-refractivity contribution is 6.99. The van der Waals surface area contributed by atoms with Crippen LogP contribution in [0.25, 0.3) is 0 Å². The van der Waals surface area contributed by atoms with E-state index in [1.807, 2.05) is 24.3 Å². The lowest BCUT2D eigenvalue weighted by molar-refractivity contribution is 0.00603. The first-order valence-electron chi connectivity index (χ1n) is 12.9. The molecule has 1 N–H and O–H groups in total. The molecule has 0 spiro atoms.